The van der Waals surface area contributed by atoms with Crippen LogP contribution in [-0.2, 0) is 6.54 Å². The van der Waals surface area contributed by atoms with Gasteiger partial charge in [0, 0.05) is 12.7 Å². The molecule has 1 heterocycles. The first-order valence-corrected chi connectivity index (χ1v) is 6.95. The van der Waals surface area contributed by atoms with Gasteiger partial charge in [0.2, 0.25) is 5.88 Å². The van der Waals surface area contributed by atoms with Crippen LogP contribution in [0, 0.1) is 0 Å². The third-order valence-corrected chi connectivity index (χ3v) is 2.96. The van der Waals surface area contributed by atoms with Gasteiger partial charge < -0.3 is 14.8 Å². The van der Waals surface area contributed by atoms with Crippen molar-refractivity contribution in [2.24, 2.45) is 0 Å². The van der Waals surface area contributed by atoms with Crippen LogP contribution in [0.5, 0.6) is 11.6 Å². The van der Waals surface area contributed by atoms with Gasteiger partial charge in [-0.2, -0.15) is 13.2 Å². The van der Waals surface area contributed by atoms with Crippen LogP contribution in [-0.4, -0.2) is 30.8 Å². The summed E-state index contributed by atoms with van der Waals surface area (Å²) in [7, 11) is 1.40. The van der Waals surface area contributed by atoms with Crippen molar-refractivity contribution in [1.82, 2.24) is 10.3 Å². The lowest BCUT2D eigenvalue weighted by Gasteiger charge is -2.11. The minimum absolute atomic E-state index is 0.0815. The maximum absolute atomic E-state index is 12.2. The van der Waals surface area contributed by atoms with E-state index in [0.717, 1.165) is 0 Å². The lowest BCUT2D eigenvalue weighted by atomic mass is 10.2. The second kappa shape index (κ2) is 7.67. The summed E-state index contributed by atoms with van der Waals surface area (Å²) in [5.41, 5.74) is 0.871. The van der Waals surface area contributed by atoms with Crippen molar-refractivity contribution in [3.63, 3.8) is 0 Å². The van der Waals surface area contributed by atoms with Crippen molar-refractivity contribution in [2.75, 3.05) is 13.7 Å². The van der Waals surface area contributed by atoms with Crippen LogP contribution in [0.3, 0.4) is 0 Å². The van der Waals surface area contributed by atoms with E-state index in [1.165, 1.54) is 25.4 Å². The second-order valence-electron chi connectivity index (χ2n) is 4.79. The number of alkyl halides is 3. The molecular weight excluding hydrogens is 325 g/mol. The molecular formula is C16H15F3N2O3. The number of carbonyl (C=O) groups excluding carboxylic acids is 1. The molecule has 0 aliphatic heterocycles. The van der Waals surface area contributed by atoms with E-state index in [2.05, 4.69) is 15.0 Å². The SMILES string of the molecule is COc1ncccc1C(=O)NCc1cccc(OCC(F)(F)F)c1. The number of nitrogens with zero attached hydrogens (tertiary/aromatic N) is 1. The molecule has 0 unspecified atom stereocenters. The van der Waals surface area contributed by atoms with E-state index < -0.39 is 18.7 Å². The number of benzene rings is 1. The van der Waals surface area contributed by atoms with Crippen LogP contribution in [0.25, 0.3) is 0 Å². The standard InChI is InChI=1S/C16H15F3N2O3/c1-23-15-13(6-3-7-20-15)14(22)21-9-11-4-2-5-12(8-11)24-10-16(17,18)19/h2-8H,9-10H2,1H3,(H,21,22). The maximum Gasteiger partial charge on any atom is 0.422 e. The molecule has 0 spiro atoms. The minimum Gasteiger partial charge on any atom is -0.484 e. The Labute approximate surface area is 136 Å². The third-order valence-electron chi connectivity index (χ3n) is 2.96. The lowest BCUT2D eigenvalue weighted by molar-refractivity contribution is -0.153. The summed E-state index contributed by atoms with van der Waals surface area (Å²) in [5.74, 6) is -0.128. The van der Waals surface area contributed by atoms with Crippen molar-refractivity contribution in [3.8, 4) is 11.6 Å². The first-order chi connectivity index (χ1) is 11.4. The molecule has 0 atom stereocenters. The highest BCUT2D eigenvalue weighted by atomic mass is 19.4. The summed E-state index contributed by atoms with van der Waals surface area (Å²) in [6.07, 6.45) is -2.90. The molecule has 5 nitrogen and oxygen atoms in total. The number of nitrogens with one attached hydrogen (secondary N) is 1. The molecule has 0 aliphatic carbocycles. The Morgan fingerprint density at radius 3 is 2.75 bits per heavy atom. The molecule has 0 saturated carbocycles. The second-order valence-corrected chi connectivity index (χ2v) is 4.79. The van der Waals surface area contributed by atoms with E-state index in [9.17, 15) is 18.0 Å². The van der Waals surface area contributed by atoms with Crippen molar-refractivity contribution < 1.29 is 27.4 Å². The number of methoxy groups -OCH3 is 1. The molecule has 0 saturated heterocycles. The largest absolute Gasteiger partial charge is 0.484 e. The summed E-state index contributed by atoms with van der Waals surface area (Å²) in [4.78, 5) is 16.1. The summed E-state index contributed by atoms with van der Waals surface area (Å²) in [6, 6.07) is 9.24. The van der Waals surface area contributed by atoms with Crippen molar-refractivity contribution in [3.05, 3.63) is 53.7 Å². The van der Waals surface area contributed by atoms with E-state index in [1.54, 1.807) is 24.3 Å². The molecule has 128 valence electrons. The number of amides is 1. The van der Waals surface area contributed by atoms with Gasteiger partial charge in [0.25, 0.3) is 5.91 Å². The molecule has 8 heteroatoms. The number of rotatable bonds is 6. The van der Waals surface area contributed by atoms with E-state index >= 15 is 0 Å². The maximum atomic E-state index is 12.2. The normalized spacial score (nSPS) is 11.0. The van der Waals surface area contributed by atoms with E-state index in [4.69, 9.17) is 4.74 Å². The quantitative estimate of drug-likeness (QED) is 0.878. The summed E-state index contributed by atoms with van der Waals surface area (Å²) in [6.45, 7) is -1.24. The van der Waals surface area contributed by atoms with Gasteiger partial charge in [0.15, 0.2) is 6.61 Å². The summed E-state index contributed by atoms with van der Waals surface area (Å²) >= 11 is 0. The molecule has 24 heavy (non-hydrogen) atoms. The molecule has 1 amide bonds. The van der Waals surface area contributed by atoms with Crippen LogP contribution in [0.15, 0.2) is 42.6 Å². The molecule has 0 aliphatic rings. The van der Waals surface area contributed by atoms with Crippen molar-refractivity contribution in [2.45, 2.75) is 12.7 Å². The number of carbonyl (C=O) groups is 1. The van der Waals surface area contributed by atoms with Gasteiger partial charge in [-0.1, -0.05) is 12.1 Å². The Hall–Kier alpha value is -2.77. The lowest BCUT2D eigenvalue weighted by Crippen LogP contribution is -2.23. The molecule has 2 rings (SSSR count). The molecule has 1 aromatic heterocycles. The Morgan fingerprint density at radius 2 is 2.04 bits per heavy atom. The Kier molecular flexibility index (Phi) is 5.62. The van der Waals surface area contributed by atoms with Gasteiger partial charge in [-0.15, -0.1) is 0 Å². The molecule has 1 aromatic carbocycles. The molecule has 0 bridgehead atoms. The monoisotopic (exact) mass is 340 g/mol. The van der Waals surface area contributed by atoms with Gasteiger partial charge in [-0.3, -0.25) is 4.79 Å². The number of aromatic nitrogens is 1. The molecule has 1 N–H and O–H groups in total. The summed E-state index contributed by atoms with van der Waals surface area (Å²) in [5, 5.41) is 2.65. The van der Waals surface area contributed by atoms with Crippen molar-refractivity contribution >= 4 is 5.91 Å². The minimum atomic E-state index is -4.40. The van der Waals surface area contributed by atoms with Crippen LogP contribution in [0.1, 0.15) is 15.9 Å². The van der Waals surface area contributed by atoms with E-state index in [-0.39, 0.29) is 23.7 Å². The first-order valence-electron chi connectivity index (χ1n) is 6.95. The Bertz CT molecular complexity index is 705. The number of hydrogen-bond donors (Lipinski definition) is 1. The van der Waals surface area contributed by atoms with Gasteiger partial charge in [0.05, 0.1) is 7.11 Å². The number of pyridine rings is 1. The van der Waals surface area contributed by atoms with Crippen LogP contribution < -0.4 is 14.8 Å². The van der Waals surface area contributed by atoms with E-state index in [1.807, 2.05) is 0 Å². The fourth-order valence-electron chi connectivity index (χ4n) is 1.91. The zero-order valence-electron chi connectivity index (χ0n) is 12.8. The number of ether oxygens (including phenoxy) is 2. The number of hydrogen-bond acceptors (Lipinski definition) is 4. The van der Waals surface area contributed by atoms with Gasteiger partial charge in [0.1, 0.15) is 11.3 Å². The van der Waals surface area contributed by atoms with Gasteiger partial charge >= 0.3 is 6.18 Å². The highest BCUT2D eigenvalue weighted by Crippen LogP contribution is 2.19. The fraction of sp³-hybridized carbons (Fsp3) is 0.250. The van der Waals surface area contributed by atoms with Gasteiger partial charge in [-0.25, -0.2) is 4.98 Å². The Morgan fingerprint density at radius 1 is 1.25 bits per heavy atom. The van der Waals surface area contributed by atoms with Crippen molar-refractivity contribution in [1.29, 1.82) is 0 Å². The zero-order chi connectivity index (χ0) is 17.6. The Balaban J connectivity index is 1.98. The predicted molar refractivity (Wildman–Crippen MR) is 80.0 cm³/mol. The van der Waals surface area contributed by atoms with Crippen LogP contribution in [0.4, 0.5) is 13.2 Å². The van der Waals surface area contributed by atoms with Crippen LogP contribution >= 0.6 is 0 Å². The highest BCUT2D eigenvalue weighted by Gasteiger charge is 2.28. The van der Waals surface area contributed by atoms with Gasteiger partial charge in [-0.05, 0) is 29.8 Å². The average molecular weight is 340 g/mol. The molecule has 0 radical (unpaired) electrons. The highest BCUT2D eigenvalue weighted by molar-refractivity contribution is 5.96. The van der Waals surface area contributed by atoms with Crippen LogP contribution in [0.2, 0.25) is 0 Å². The zero-order valence-corrected chi connectivity index (χ0v) is 12.8. The fourth-order valence-corrected chi connectivity index (χ4v) is 1.91. The molecule has 0 fully saturated rings. The third kappa shape index (κ3) is 5.15. The predicted octanol–water partition coefficient (Wildman–Crippen LogP) is 2.96. The summed E-state index contributed by atoms with van der Waals surface area (Å²) < 4.78 is 46.1. The molecule has 2 aromatic rings. The smallest absolute Gasteiger partial charge is 0.422 e. The number of halogens is 3. The topological polar surface area (TPSA) is 60.5 Å². The average Bonchev–Trinajstić information content (AvgIpc) is 2.57. The first kappa shape index (κ1) is 17.6. The van der Waals surface area contributed by atoms with E-state index in [0.29, 0.717) is 5.56 Å².